The van der Waals surface area contributed by atoms with Gasteiger partial charge < -0.3 is 5.11 Å². The Bertz CT molecular complexity index is 529. The van der Waals surface area contributed by atoms with Crippen molar-refractivity contribution in [3.8, 4) is 0 Å². The van der Waals surface area contributed by atoms with Gasteiger partial charge in [0.05, 0.1) is 10.6 Å². The Balaban J connectivity index is 2.23. The van der Waals surface area contributed by atoms with Crippen LogP contribution < -0.4 is 0 Å². The smallest absolute Gasteiger partial charge is 0.143 e. The largest absolute Gasteiger partial charge is 0.388 e. The van der Waals surface area contributed by atoms with Gasteiger partial charge in [0.15, 0.2) is 0 Å². The summed E-state index contributed by atoms with van der Waals surface area (Å²) in [7, 11) is 1.73. The van der Waals surface area contributed by atoms with Crippen molar-refractivity contribution >= 4 is 15.9 Å². The minimum absolute atomic E-state index is 0.226. The number of aliphatic hydroxyl groups is 1. The fourth-order valence-electron chi connectivity index (χ4n) is 1.57. The van der Waals surface area contributed by atoms with Crippen molar-refractivity contribution in [2.24, 2.45) is 7.05 Å². The number of hydrogen-bond donors (Lipinski definition) is 1. The first-order chi connectivity index (χ1) is 8.09. The molecular weight excluding hydrogens is 289 g/mol. The highest BCUT2D eigenvalue weighted by Crippen LogP contribution is 2.25. The fourth-order valence-corrected chi connectivity index (χ4v) is 1.95. The van der Waals surface area contributed by atoms with Gasteiger partial charge in [-0.05, 0) is 22.0 Å². The molecule has 0 spiro atoms. The van der Waals surface area contributed by atoms with Crippen LogP contribution in [0.3, 0.4) is 0 Å². The summed E-state index contributed by atoms with van der Waals surface area (Å²) in [6.45, 7) is 0. The number of aliphatic hydroxyl groups excluding tert-OH is 1. The standard InChI is InChI=1S/C11H11BrFN3O/c1-16-10(14-6-15-16)5-9(17)7-3-2-4-8(12)11(7)13/h2-4,6,9,17H,5H2,1H3. The Hall–Kier alpha value is -1.27. The quantitative estimate of drug-likeness (QED) is 0.943. The molecule has 2 aromatic rings. The lowest BCUT2D eigenvalue weighted by Crippen LogP contribution is -2.09. The molecule has 0 amide bonds. The monoisotopic (exact) mass is 299 g/mol. The first-order valence-electron chi connectivity index (χ1n) is 5.04. The minimum Gasteiger partial charge on any atom is -0.388 e. The molecule has 17 heavy (non-hydrogen) atoms. The molecule has 0 fully saturated rings. The van der Waals surface area contributed by atoms with Gasteiger partial charge in [-0.1, -0.05) is 12.1 Å². The SMILES string of the molecule is Cn1ncnc1CC(O)c1cccc(Br)c1F. The predicted molar refractivity (Wildman–Crippen MR) is 63.8 cm³/mol. The molecule has 1 N–H and O–H groups in total. The average Bonchev–Trinajstić information content (AvgIpc) is 2.68. The third kappa shape index (κ3) is 2.53. The summed E-state index contributed by atoms with van der Waals surface area (Å²) in [6.07, 6.45) is 0.693. The maximum Gasteiger partial charge on any atom is 0.143 e. The molecule has 1 unspecified atom stereocenters. The van der Waals surface area contributed by atoms with Crippen molar-refractivity contribution in [2.75, 3.05) is 0 Å². The van der Waals surface area contributed by atoms with Crippen molar-refractivity contribution in [3.05, 3.63) is 46.2 Å². The molecule has 1 atom stereocenters. The number of benzene rings is 1. The Morgan fingerprint density at radius 1 is 1.53 bits per heavy atom. The third-order valence-electron chi connectivity index (χ3n) is 2.52. The van der Waals surface area contributed by atoms with Gasteiger partial charge in [-0.2, -0.15) is 5.10 Å². The number of aromatic nitrogens is 3. The molecule has 0 aliphatic heterocycles. The maximum atomic E-state index is 13.7. The van der Waals surface area contributed by atoms with Crippen molar-refractivity contribution in [1.29, 1.82) is 0 Å². The Kier molecular flexibility index (Phi) is 3.54. The molecule has 1 aromatic carbocycles. The normalized spacial score (nSPS) is 12.7. The molecule has 6 heteroatoms. The summed E-state index contributed by atoms with van der Waals surface area (Å²) in [5, 5.41) is 13.9. The number of rotatable bonds is 3. The molecule has 0 bridgehead atoms. The van der Waals surface area contributed by atoms with E-state index in [2.05, 4.69) is 26.0 Å². The molecule has 1 heterocycles. The van der Waals surface area contributed by atoms with E-state index in [-0.39, 0.29) is 12.0 Å². The van der Waals surface area contributed by atoms with Gasteiger partial charge in [0.1, 0.15) is 18.0 Å². The van der Waals surface area contributed by atoms with Crippen LogP contribution in [0.4, 0.5) is 4.39 Å². The molecular formula is C11H11BrFN3O. The van der Waals surface area contributed by atoms with Crippen LogP contribution in [0.5, 0.6) is 0 Å². The lowest BCUT2D eigenvalue weighted by atomic mass is 10.1. The van der Waals surface area contributed by atoms with Gasteiger partial charge in [-0.15, -0.1) is 0 Å². The van der Waals surface area contributed by atoms with E-state index in [1.807, 2.05) is 0 Å². The number of hydrogen-bond acceptors (Lipinski definition) is 3. The van der Waals surface area contributed by atoms with E-state index in [1.54, 1.807) is 29.9 Å². The van der Waals surface area contributed by atoms with E-state index in [1.165, 1.54) is 6.33 Å². The van der Waals surface area contributed by atoms with Crippen LogP contribution in [-0.2, 0) is 13.5 Å². The second-order valence-corrected chi connectivity index (χ2v) is 4.52. The van der Waals surface area contributed by atoms with Crippen molar-refractivity contribution in [2.45, 2.75) is 12.5 Å². The minimum atomic E-state index is -0.935. The van der Waals surface area contributed by atoms with Crippen molar-refractivity contribution in [3.63, 3.8) is 0 Å². The Morgan fingerprint density at radius 2 is 2.29 bits per heavy atom. The molecule has 2 rings (SSSR count). The van der Waals surface area contributed by atoms with Crippen LogP contribution in [0, 0.1) is 5.82 Å². The first kappa shape index (κ1) is 12.2. The topological polar surface area (TPSA) is 50.9 Å². The molecule has 4 nitrogen and oxygen atoms in total. The lowest BCUT2D eigenvalue weighted by Gasteiger charge is -2.12. The summed E-state index contributed by atoms with van der Waals surface area (Å²) < 4.78 is 15.6. The van der Waals surface area contributed by atoms with E-state index in [9.17, 15) is 9.50 Å². The Morgan fingerprint density at radius 3 is 2.94 bits per heavy atom. The Labute approximate surface area is 106 Å². The molecule has 0 saturated heterocycles. The van der Waals surface area contributed by atoms with E-state index in [4.69, 9.17) is 0 Å². The van der Waals surface area contributed by atoms with Gasteiger partial charge in [0, 0.05) is 19.0 Å². The average molecular weight is 300 g/mol. The zero-order chi connectivity index (χ0) is 12.4. The molecule has 0 saturated carbocycles. The van der Waals surface area contributed by atoms with Gasteiger partial charge in [0.2, 0.25) is 0 Å². The van der Waals surface area contributed by atoms with E-state index in [0.29, 0.717) is 10.3 Å². The zero-order valence-corrected chi connectivity index (χ0v) is 10.7. The number of nitrogens with zero attached hydrogens (tertiary/aromatic N) is 3. The van der Waals surface area contributed by atoms with Crippen LogP contribution in [0.15, 0.2) is 29.0 Å². The predicted octanol–water partition coefficient (Wildman–Crippen LogP) is 1.99. The first-order valence-corrected chi connectivity index (χ1v) is 5.83. The highest BCUT2D eigenvalue weighted by atomic mass is 79.9. The van der Waals surface area contributed by atoms with E-state index < -0.39 is 11.9 Å². The van der Waals surface area contributed by atoms with Gasteiger partial charge in [-0.25, -0.2) is 9.37 Å². The number of halogens is 2. The molecule has 90 valence electrons. The molecule has 0 aliphatic rings. The highest BCUT2D eigenvalue weighted by Gasteiger charge is 2.17. The van der Waals surface area contributed by atoms with Gasteiger partial charge in [-0.3, -0.25) is 4.68 Å². The second kappa shape index (κ2) is 4.93. The van der Waals surface area contributed by atoms with Crippen molar-refractivity contribution in [1.82, 2.24) is 14.8 Å². The molecule has 1 aromatic heterocycles. The van der Waals surface area contributed by atoms with Crippen molar-refractivity contribution < 1.29 is 9.50 Å². The summed E-state index contributed by atoms with van der Waals surface area (Å²) in [6, 6.07) is 4.83. The number of aryl methyl sites for hydroxylation is 1. The maximum absolute atomic E-state index is 13.7. The third-order valence-corrected chi connectivity index (χ3v) is 3.13. The summed E-state index contributed by atoms with van der Waals surface area (Å²) >= 11 is 3.09. The zero-order valence-electron chi connectivity index (χ0n) is 9.14. The van der Waals surface area contributed by atoms with Crippen LogP contribution in [0.2, 0.25) is 0 Å². The van der Waals surface area contributed by atoms with E-state index >= 15 is 0 Å². The van der Waals surface area contributed by atoms with Crippen LogP contribution in [0.1, 0.15) is 17.5 Å². The molecule has 0 radical (unpaired) electrons. The van der Waals surface area contributed by atoms with Crippen LogP contribution in [0.25, 0.3) is 0 Å². The second-order valence-electron chi connectivity index (χ2n) is 3.66. The summed E-state index contributed by atoms with van der Waals surface area (Å²) in [5.41, 5.74) is 0.252. The summed E-state index contributed by atoms with van der Waals surface area (Å²) in [5.74, 6) is 0.166. The summed E-state index contributed by atoms with van der Waals surface area (Å²) in [4.78, 5) is 3.99. The lowest BCUT2D eigenvalue weighted by molar-refractivity contribution is 0.169. The fraction of sp³-hybridized carbons (Fsp3) is 0.273. The van der Waals surface area contributed by atoms with Gasteiger partial charge >= 0.3 is 0 Å². The van der Waals surface area contributed by atoms with Gasteiger partial charge in [0.25, 0.3) is 0 Å². The van der Waals surface area contributed by atoms with Crippen LogP contribution >= 0.6 is 15.9 Å². The van der Waals surface area contributed by atoms with Crippen LogP contribution in [-0.4, -0.2) is 19.9 Å². The van der Waals surface area contributed by atoms with E-state index in [0.717, 1.165) is 0 Å². The highest BCUT2D eigenvalue weighted by molar-refractivity contribution is 9.10. The molecule has 0 aliphatic carbocycles.